The maximum Gasteiger partial charge on any atom is 0.313 e. The molecule has 0 saturated heterocycles. The topological polar surface area (TPSA) is 57.0 Å². The van der Waals surface area contributed by atoms with Crippen molar-refractivity contribution in [2.45, 2.75) is 45.1 Å². The first-order chi connectivity index (χ1) is 7.72. The minimum absolute atomic E-state index is 0.216. The van der Waals surface area contributed by atoms with Gasteiger partial charge in [0.05, 0.1) is 7.11 Å². The molecule has 88 valence electrons. The van der Waals surface area contributed by atoms with Crippen LogP contribution < -0.4 is 0 Å². The number of esters is 1. The van der Waals surface area contributed by atoms with Gasteiger partial charge in [0.25, 0.3) is 0 Å². The van der Waals surface area contributed by atoms with Crippen LogP contribution in [0.3, 0.4) is 0 Å². The molecule has 1 saturated carbocycles. The lowest BCUT2D eigenvalue weighted by Gasteiger charge is -2.15. The highest BCUT2D eigenvalue weighted by molar-refractivity contribution is 5.71. The van der Waals surface area contributed by atoms with E-state index in [-0.39, 0.29) is 12.4 Å². The van der Waals surface area contributed by atoms with E-state index in [1.807, 2.05) is 6.92 Å². The maximum atomic E-state index is 11.3. The maximum absolute atomic E-state index is 11.3. The molecule has 1 aromatic heterocycles. The summed E-state index contributed by atoms with van der Waals surface area (Å²) in [5.41, 5.74) is 0. The molecule has 0 aliphatic heterocycles. The fourth-order valence-corrected chi connectivity index (χ4v) is 2.37. The first-order valence-electron chi connectivity index (χ1n) is 5.69. The van der Waals surface area contributed by atoms with Gasteiger partial charge in [-0.3, -0.25) is 4.79 Å². The van der Waals surface area contributed by atoms with Crippen LogP contribution in [0.5, 0.6) is 0 Å². The predicted octanol–water partition coefficient (Wildman–Crippen LogP) is 1.42. The molecule has 2 rings (SSSR count). The Labute approximate surface area is 94.8 Å². The Kier molecular flexibility index (Phi) is 3.22. The number of hydrogen-bond acceptors (Lipinski definition) is 4. The van der Waals surface area contributed by atoms with Gasteiger partial charge in [-0.1, -0.05) is 12.8 Å². The molecular formula is C11H17N3O2. The summed E-state index contributed by atoms with van der Waals surface area (Å²) in [7, 11) is 1.39. The molecule has 0 aromatic carbocycles. The SMILES string of the molecule is COC(=O)Cc1nnc(C)n1C1CCCC1. The third kappa shape index (κ3) is 2.08. The molecule has 1 aromatic rings. The highest BCUT2D eigenvalue weighted by Gasteiger charge is 2.23. The van der Waals surface area contributed by atoms with Gasteiger partial charge in [-0.05, 0) is 19.8 Å². The van der Waals surface area contributed by atoms with Gasteiger partial charge < -0.3 is 9.30 Å². The van der Waals surface area contributed by atoms with Gasteiger partial charge in [0, 0.05) is 6.04 Å². The molecule has 1 heterocycles. The monoisotopic (exact) mass is 223 g/mol. The lowest BCUT2D eigenvalue weighted by atomic mass is 10.2. The lowest BCUT2D eigenvalue weighted by Crippen LogP contribution is -2.15. The van der Waals surface area contributed by atoms with Crippen LogP contribution in [0.2, 0.25) is 0 Å². The summed E-state index contributed by atoms with van der Waals surface area (Å²) in [5.74, 6) is 1.37. The minimum Gasteiger partial charge on any atom is -0.469 e. The van der Waals surface area contributed by atoms with Crippen molar-refractivity contribution in [2.75, 3.05) is 7.11 Å². The van der Waals surface area contributed by atoms with Gasteiger partial charge in [0.2, 0.25) is 0 Å². The summed E-state index contributed by atoms with van der Waals surface area (Å²) in [4.78, 5) is 11.3. The molecule has 1 fully saturated rings. The van der Waals surface area contributed by atoms with Crippen LogP contribution in [0.4, 0.5) is 0 Å². The van der Waals surface area contributed by atoms with Gasteiger partial charge in [0.15, 0.2) is 0 Å². The van der Waals surface area contributed by atoms with E-state index < -0.39 is 0 Å². The van der Waals surface area contributed by atoms with Gasteiger partial charge in [0.1, 0.15) is 18.1 Å². The van der Waals surface area contributed by atoms with Gasteiger partial charge >= 0.3 is 5.97 Å². The molecule has 1 aliphatic carbocycles. The molecule has 0 N–H and O–H groups in total. The summed E-state index contributed by atoms with van der Waals surface area (Å²) in [6.45, 7) is 1.94. The van der Waals surface area contributed by atoms with Crippen LogP contribution in [0.15, 0.2) is 0 Å². The number of methoxy groups -OCH3 is 1. The van der Waals surface area contributed by atoms with Crippen molar-refractivity contribution in [2.24, 2.45) is 0 Å². The molecule has 5 nitrogen and oxygen atoms in total. The number of carbonyl (C=O) groups excluding carboxylic acids is 1. The number of aromatic nitrogens is 3. The second kappa shape index (κ2) is 4.63. The van der Waals surface area contributed by atoms with Crippen molar-refractivity contribution < 1.29 is 9.53 Å². The smallest absolute Gasteiger partial charge is 0.313 e. The molecule has 0 unspecified atom stereocenters. The number of hydrogen-bond donors (Lipinski definition) is 0. The lowest BCUT2D eigenvalue weighted by molar-refractivity contribution is -0.140. The third-order valence-electron chi connectivity index (χ3n) is 3.16. The van der Waals surface area contributed by atoms with Crippen LogP contribution >= 0.6 is 0 Å². The Balaban J connectivity index is 2.21. The fourth-order valence-electron chi connectivity index (χ4n) is 2.37. The Bertz CT molecular complexity index is 381. The summed E-state index contributed by atoms with van der Waals surface area (Å²) in [6, 6.07) is 0.467. The van der Waals surface area contributed by atoms with Crippen LogP contribution in [-0.4, -0.2) is 27.8 Å². The largest absolute Gasteiger partial charge is 0.469 e. The van der Waals surface area contributed by atoms with E-state index in [0.29, 0.717) is 6.04 Å². The molecule has 5 heteroatoms. The van der Waals surface area contributed by atoms with E-state index >= 15 is 0 Å². The Hall–Kier alpha value is -1.39. The van der Waals surface area contributed by atoms with E-state index in [0.717, 1.165) is 24.5 Å². The zero-order valence-electron chi connectivity index (χ0n) is 9.77. The standard InChI is InChI=1S/C11H17N3O2/c1-8-12-13-10(7-11(15)16-2)14(8)9-5-3-4-6-9/h9H,3-7H2,1-2H3. The third-order valence-corrected chi connectivity index (χ3v) is 3.16. The molecule has 0 amide bonds. The summed E-state index contributed by atoms with van der Waals surface area (Å²) in [6.07, 6.45) is 5.04. The highest BCUT2D eigenvalue weighted by atomic mass is 16.5. The first-order valence-corrected chi connectivity index (χ1v) is 5.69. The van der Waals surface area contributed by atoms with E-state index in [2.05, 4.69) is 19.5 Å². The van der Waals surface area contributed by atoms with E-state index in [4.69, 9.17) is 0 Å². The molecule has 0 atom stereocenters. The van der Waals surface area contributed by atoms with E-state index in [9.17, 15) is 4.79 Å². The van der Waals surface area contributed by atoms with E-state index in [1.165, 1.54) is 20.0 Å². The number of ether oxygens (including phenoxy) is 1. The Morgan fingerprint density at radius 1 is 1.44 bits per heavy atom. The highest BCUT2D eigenvalue weighted by Crippen LogP contribution is 2.31. The van der Waals surface area contributed by atoms with Gasteiger partial charge in [-0.2, -0.15) is 0 Å². The molecule has 0 spiro atoms. The second-order valence-electron chi connectivity index (χ2n) is 4.22. The van der Waals surface area contributed by atoms with Crippen molar-refractivity contribution in [1.82, 2.24) is 14.8 Å². The van der Waals surface area contributed by atoms with Crippen molar-refractivity contribution in [3.8, 4) is 0 Å². The van der Waals surface area contributed by atoms with Gasteiger partial charge in [-0.25, -0.2) is 0 Å². The number of nitrogens with zero attached hydrogens (tertiary/aromatic N) is 3. The Morgan fingerprint density at radius 3 is 2.75 bits per heavy atom. The van der Waals surface area contributed by atoms with Crippen LogP contribution in [0, 0.1) is 6.92 Å². The summed E-state index contributed by atoms with van der Waals surface area (Å²) < 4.78 is 6.76. The van der Waals surface area contributed by atoms with Crippen molar-refractivity contribution in [1.29, 1.82) is 0 Å². The zero-order chi connectivity index (χ0) is 11.5. The Morgan fingerprint density at radius 2 is 2.12 bits per heavy atom. The predicted molar refractivity (Wildman–Crippen MR) is 58.0 cm³/mol. The first kappa shape index (κ1) is 11.1. The van der Waals surface area contributed by atoms with Crippen LogP contribution in [-0.2, 0) is 16.0 Å². The number of rotatable bonds is 3. The summed E-state index contributed by atoms with van der Waals surface area (Å²) >= 11 is 0. The van der Waals surface area contributed by atoms with Gasteiger partial charge in [-0.15, -0.1) is 10.2 Å². The molecule has 16 heavy (non-hydrogen) atoms. The molecular weight excluding hydrogens is 206 g/mol. The van der Waals surface area contributed by atoms with Crippen molar-refractivity contribution in [3.05, 3.63) is 11.6 Å². The number of aryl methyl sites for hydroxylation is 1. The molecule has 0 radical (unpaired) electrons. The van der Waals surface area contributed by atoms with Crippen molar-refractivity contribution >= 4 is 5.97 Å². The molecule has 0 bridgehead atoms. The molecule has 1 aliphatic rings. The zero-order valence-corrected chi connectivity index (χ0v) is 9.77. The quantitative estimate of drug-likeness (QED) is 0.727. The normalized spacial score (nSPS) is 16.6. The average Bonchev–Trinajstić information content (AvgIpc) is 2.88. The van der Waals surface area contributed by atoms with Crippen molar-refractivity contribution in [3.63, 3.8) is 0 Å². The average molecular weight is 223 g/mol. The van der Waals surface area contributed by atoms with E-state index in [1.54, 1.807) is 0 Å². The minimum atomic E-state index is -0.258. The fraction of sp³-hybridized carbons (Fsp3) is 0.727. The van der Waals surface area contributed by atoms with Crippen LogP contribution in [0.1, 0.15) is 43.4 Å². The number of carbonyl (C=O) groups is 1. The van der Waals surface area contributed by atoms with Crippen LogP contribution in [0.25, 0.3) is 0 Å². The summed E-state index contributed by atoms with van der Waals surface area (Å²) in [5, 5.41) is 8.11. The second-order valence-corrected chi connectivity index (χ2v) is 4.22.